The Bertz CT molecular complexity index is 2960. The van der Waals surface area contributed by atoms with Crippen molar-refractivity contribution in [1.29, 1.82) is 0 Å². The molecular weight excluding hydrogens is 1010 g/mol. The molecule has 7 rings (SSSR count). The number of nitrogen functional groups attached to an aromatic ring is 2. The molecule has 0 bridgehead atoms. The first-order valence-electron chi connectivity index (χ1n) is 22.3. The number of terminal acetylenes is 2. The molecule has 0 unspecified atom stereocenters. The number of methoxy groups -OCH3 is 4. The van der Waals surface area contributed by atoms with E-state index in [0.29, 0.717) is 109 Å². The van der Waals surface area contributed by atoms with Crippen LogP contribution in [-0.2, 0) is 18.9 Å². The number of fused-ring (bicyclic) bond motifs is 2. The number of benzene rings is 5. The fourth-order valence-corrected chi connectivity index (χ4v) is 6.08. The molecule has 0 spiro atoms. The van der Waals surface area contributed by atoms with Gasteiger partial charge in [-0.1, -0.05) is 53.5 Å². The van der Waals surface area contributed by atoms with Crippen LogP contribution in [0.5, 0.6) is 23.0 Å². The minimum Gasteiger partial charge on any atom is -0.870 e. The Balaban J connectivity index is 0.000000535. The fraction of sp³-hybridized carbons (Fsp3) is 0.273. The van der Waals surface area contributed by atoms with E-state index >= 15 is 0 Å². The van der Waals surface area contributed by atoms with E-state index in [0.717, 1.165) is 33.3 Å². The summed E-state index contributed by atoms with van der Waals surface area (Å²) in [5.74, 6) is 13.7. The third-order valence-electron chi connectivity index (χ3n) is 9.28. The number of rotatable bonds is 18. The van der Waals surface area contributed by atoms with Crippen molar-refractivity contribution in [2.75, 3.05) is 98.1 Å². The molecule has 2 aromatic heterocycles. The molecule has 392 valence electrons. The van der Waals surface area contributed by atoms with E-state index in [1.165, 1.54) is 12.7 Å². The number of nitrogens with zero attached hydrogens (tertiary/aromatic N) is 4. The van der Waals surface area contributed by atoms with E-state index in [1.807, 2.05) is 60.7 Å². The molecule has 0 radical (unpaired) electrons. The Kier molecular flexibility index (Phi) is 32.2. The van der Waals surface area contributed by atoms with Gasteiger partial charge in [0.25, 0.3) is 0 Å². The summed E-state index contributed by atoms with van der Waals surface area (Å²) < 4.78 is 43.1. The third-order valence-corrected chi connectivity index (χ3v) is 9.58. The van der Waals surface area contributed by atoms with Crippen LogP contribution in [0.2, 0.25) is 5.15 Å². The Morgan fingerprint density at radius 1 is 0.573 bits per heavy atom. The zero-order valence-electron chi connectivity index (χ0n) is 43.1. The first-order valence-corrected chi connectivity index (χ1v) is 22.7. The normalized spacial score (nSPS) is 9.89. The van der Waals surface area contributed by atoms with Crippen LogP contribution in [-0.4, -0.2) is 117 Å². The van der Waals surface area contributed by atoms with E-state index in [4.69, 9.17) is 73.8 Å². The average Bonchev–Trinajstić information content (AvgIpc) is 3.37. The van der Waals surface area contributed by atoms with Crippen molar-refractivity contribution in [3.8, 4) is 59.5 Å². The van der Waals surface area contributed by atoms with Gasteiger partial charge in [0.2, 0.25) is 0 Å². The number of hydrogen-bond acceptors (Lipinski definition) is 17. The summed E-state index contributed by atoms with van der Waals surface area (Å²) in [6.45, 7) is 6.81. The monoisotopic (exact) mass is 1070 g/mol. The van der Waals surface area contributed by atoms with Crippen molar-refractivity contribution in [1.82, 2.24) is 19.9 Å². The summed E-state index contributed by atoms with van der Waals surface area (Å²) in [6.07, 6.45) is 13.5. The van der Waals surface area contributed by atoms with Crippen LogP contribution in [0.1, 0.15) is 30.5 Å². The van der Waals surface area contributed by atoms with E-state index in [1.54, 1.807) is 78.7 Å². The Hall–Kier alpha value is -6.60. The van der Waals surface area contributed by atoms with Crippen molar-refractivity contribution in [2.45, 2.75) is 19.4 Å². The minimum atomic E-state index is -0.954. The molecule has 0 atom stereocenters. The molecular formula is C55H62Cl2N7NaO10. The summed E-state index contributed by atoms with van der Waals surface area (Å²) in [5.41, 5.74) is 16.1. The number of nitrogens with one attached hydrogen (secondary N) is 1. The standard InChI is InChI=1S/C22H23N3O4.C14H17ClN2O4.C11H13NO.C8H7N.ClH.Na.H2O/c1-4-16-6-5-7-17(12-16)25-22-18-13-20(28-10-8-26-2)21(29-11-9-27-3)14-19(18)23-15-24-22;1-18-3-5-20-12-7-10-11(16-9-17-14(10)15)8-13(12)21-6-4-19-2;1-11(2,13)7-6-9-4-3-5-10(12)8-9;1-2-7-4-3-5-8(9)6-7;;;/h1,5-7,12-15H,8-11H2,2-3H3,(H,23,24,25);7-9H,3-6H2,1-2H3;3-5,8,13H,12H2,1-2H3;1,3-6H,9H2;1H;;1H2/q;;;;;+1;/p-1. The number of aliphatic hydroxyl groups is 1. The van der Waals surface area contributed by atoms with Gasteiger partial charge in [0.05, 0.1) is 37.5 Å². The largest absolute Gasteiger partial charge is 1.00 e. The van der Waals surface area contributed by atoms with Crippen molar-refractivity contribution in [3.63, 3.8) is 0 Å². The summed E-state index contributed by atoms with van der Waals surface area (Å²) >= 11 is 6.08. The second kappa shape index (κ2) is 36.4. The summed E-state index contributed by atoms with van der Waals surface area (Å²) in [6, 6.07) is 29.3. The quantitative estimate of drug-likeness (QED) is 0.0268. The number of hydrogen-bond donors (Lipinski definition) is 4. The van der Waals surface area contributed by atoms with Crippen molar-refractivity contribution >= 4 is 68.7 Å². The van der Waals surface area contributed by atoms with Crippen molar-refractivity contribution in [3.05, 3.63) is 132 Å². The van der Waals surface area contributed by atoms with Gasteiger partial charge >= 0.3 is 29.6 Å². The number of ether oxygens (including phenoxy) is 8. The van der Waals surface area contributed by atoms with Crippen molar-refractivity contribution < 1.29 is 78.0 Å². The van der Waals surface area contributed by atoms with Crippen LogP contribution in [0.3, 0.4) is 0 Å². The van der Waals surface area contributed by atoms with Crippen LogP contribution < -0.4 is 65.3 Å². The number of anilines is 4. The second-order valence-corrected chi connectivity index (χ2v) is 15.8. The van der Waals surface area contributed by atoms with Gasteiger partial charge in [-0.25, -0.2) is 19.9 Å². The molecule has 0 saturated heterocycles. The van der Waals surface area contributed by atoms with E-state index in [2.05, 4.69) is 48.9 Å². The average molecular weight is 1080 g/mol. The van der Waals surface area contributed by atoms with Crippen LogP contribution in [0.25, 0.3) is 21.8 Å². The van der Waals surface area contributed by atoms with Crippen LogP contribution in [0, 0.1) is 36.5 Å². The number of aromatic nitrogens is 4. The Morgan fingerprint density at radius 2 is 0.987 bits per heavy atom. The molecule has 0 amide bonds. The zero-order valence-corrected chi connectivity index (χ0v) is 46.7. The number of halogens is 2. The predicted octanol–water partition coefficient (Wildman–Crippen LogP) is 5.63. The van der Waals surface area contributed by atoms with Gasteiger partial charge in [0, 0.05) is 85.1 Å². The molecule has 0 fully saturated rings. The van der Waals surface area contributed by atoms with Crippen LogP contribution >= 0.6 is 24.0 Å². The van der Waals surface area contributed by atoms with E-state index < -0.39 is 5.60 Å². The Morgan fingerprint density at radius 3 is 1.44 bits per heavy atom. The van der Waals surface area contributed by atoms with Gasteiger partial charge in [-0.15, -0.1) is 25.3 Å². The maximum Gasteiger partial charge on any atom is 1.00 e. The second-order valence-electron chi connectivity index (χ2n) is 15.4. The van der Waals surface area contributed by atoms with E-state index in [9.17, 15) is 5.11 Å². The van der Waals surface area contributed by atoms with Gasteiger partial charge in [-0.2, -0.15) is 0 Å². The van der Waals surface area contributed by atoms with E-state index in [-0.39, 0.29) is 47.4 Å². The molecule has 2 heterocycles. The summed E-state index contributed by atoms with van der Waals surface area (Å²) in [4.78, 5) is 16.9. The maximum atomic E-state index is 9.34. The van der Waals surface area contributed by atoms with Crippen molar-refractivity contribution in [2.24, 2.45) is 0 Å². The minimum absolute atomic E-state index is 0. The summed E-state index contributed by atoms with van der Waals surface area (Å²) in [7, 11) is 6.48. The molecule has 7 aromatic rings. The molecule has 0 aliphatic heterocycles. The molecule has 0 aliphatic carbocycles. The molecule has 0 saturated carbocycles. The Labute approximate surface area is 472 Å². The first-order chi connectivity index (χ1) is 34.8. The zero-order chi connectivity index (χ0) is 52.1. The van der Waals surface area contributed by atoms with Gasteiger partial charge in [0.15, 0.2) is 23.0 Å². The molecule has 17 nitrogen and oxygen atoms in total. The summed E-state index contributed by atoms with van der Waals surface area (Å²) in [5, 5.41) is 14.5. The van der Waals surface area contributed by atoms with Gasteiger partial charge in [-0.05, 0) is 80.6 Å². The fourth-order valence-electron chi connectivity index (χ4n) is 5.88. The smallest absolute Gasteiger partial charge is 0.870 e. The number of nitrogens with two attached hydrogens (primary N) is 2. The SMILES string of the molecule is C#Cc1cccc(N)c1.C#Cc1cccc(Nc2ncnc3cc(OCCOC)c(OCCOC)cc23)c1.CC(C)(O)C#Cc1cccc(N)c1.COCCOc1cc2ncnc(Cl)c2cc1OCCOC.Cl.[Na+].[OH-]. The molecule has 5 aromatic carbocycles. The molecule has 7 N–H and O–H groups in total. The molecule has 0 aliphatic rings. The van der Waals surface area contributed by atoms with Gasteiger partial charge < -0.3 is 65.3 Å². The van der Waals surface area contributed by atoms with Gasteiger partial charge in [-0.3, -0.25) is 0 Å². The maximum absolute atomic E-state index is 9.34. The molecule has 75 heavy (non-hydrogen) atoms. The van der Waals surface area contributed by atoms with Crippen LogP contribution in [0.15, 0.2) is 110 Å². The predicted molar refractivity (Wildman–Crippen MR) is 293 cm³/mol. The third kappa shape index (κ3) is 24.1. The van der Waals surface area contributed by atoms with Gasteiger partial charge in [0.1, 0.15) is 55.7 Å². The molecule has 20 heteroatoms. The topological polar surface area (TPSA) is 240 Å². The van der Waals surface area contributed by atoms with Crippen LogP contribution in [0.4, 0.5) is 22.9 Å². The first kappa shape index (κ1) is 66.4.